The van der Waals surface area contributed by atoms with Crippen LogP contribution in [-0.4, -0.2) is 5.11 Å². The predicted octanol–water partition coefficient (Wildman–Crippen LogP) is 5.10. The molecule has 0 fully saturated rings. The molecule has 2 aromatic carbocycles. The molecule has 0 radical (unpaired) electrons. The van der Waals surface area contributed by atoms with Gasteiger partial charge in [-0.2, -0.15) is 0 Å². The first-order valence-electron chi connectivity index (χ1n) is 4.93. The van der Waals surface area contributed by atoms with E-state index in [2.05, 4.69) is 67.8 Å². The van der Waals surface area contributed by atoms with Gasteiger partial charge in [-0.05, 0) is 79.9 Å². The number of hydrogen-bond donors (Lipinski definition) is 1. The molecule has 0 amide bonds. The molecule has 1 heterocycles. The average molecular weight is 578 g/mol. The Kier molecular flexibility index (Phi) is 3.51. The molecular weight excluding hydrogens is 573 g/mol. The first-order valence-corrected chi connectivity index (χ1v) is 8.17. The SMILES string of the molecule is Oc1c(I)c(I)c(I)c2c1Oc1ccccc1O2. The van der Waals surface area contributed by atoms with E-state index in [1.807, 2.05) is 24.3 Å². The van der Waals surface area contributed by atoms with Crippen molar-refractivity contribution in [2.24, 2.45) is 0 Å². The van der Waals surface area contributed by atoms with Crippen LogP contribution in [0.1, 0.15) is 0 Å². The monoisotopic (exact) mass is 578 g/mol. The van der Waals surface area contributed by atoms with Gasteiger partial charge in [0.2, 0.25) is 5.75 Å². The van der Waals surface area contributed by atoms with E-state index in [-0.39, 0.29) is 5.75 Å². The molecule has 92 valence electrons. The Bertz CT molecular complexity index is 600. The molecule has 1 aliphatic heterocycles. The average Bonchev–Trinajstić information content (AvgIpc) is 2.41. The Labute approximate surface area is 144 Å². The molecule has 0 atom stereocenters. The first-order chi connectivity index (χ1) is 8.59. The third-order valence-electron chi connectivity index (χ3n) is 2.49. The van der Waals surface area contributed by atoms with Crippen molar-refractivity contribution in [3.8, 4) is 28.7 Å². The first kappa shape index (κ1) is 13.0. The highest BCUT2D eigenvalue weighted by atomic mass is 127. The number of fused-ring (bicyclic) bond motifs is 2. The Morgan fingerprint density at radius 3 is 1.94 bits per heavy atom. The van der Waals surface area contributed by atoms with Gasteiger partial charge >= 0.3 is 0 Å². The van der Waals surface area contributed by atoms with Gasteiger partial charge in [0.1, 0.15) is 0 Å². The molecule has 1 aliphatic rings. The molecule has 1 N–H and O–H groups in total. The summed E-state index contributed by atoms with van der Waals surface area (Å²) in [4.78, 5) is 0. The van der Waals surface area contributed by atoms with Gasteiger partial charge in [0.25, 0.3) is 0 Å². The van der Waals surface area contributed by atoms with Crippen molar-refractivity contribution in [1.29, 1.82) is 0 Å². The summed E-state index contributed by atoms with van der Waals surface area (Å²) in [7, 11) is 0. The summed E-state index contributed by atoms with van der Waals surface area (Å²) in [5, 5.41) is 10.2. The van der Waals surface area contributed by atoms with Crippen LogP contribution in [0.2, 0.25) is 0 Å². The molecule has 0 bridgehead atoms. The summed E-state index contributed by atoms with van der Waals surface area (Å²) < 4.78 is 14.2. The molecule has 3 nitrogen and oxygen atoms in total. The zero-order valence-corrected chi connectivity index (χ0v) is 15.2. The van der Waals surface area contributed by atoms with E-state index < -0.39 is 0 Å². The van der Waals surface area contributed by atoms with Crippen molar-refractivity contribution < 1.29 is 14.6 Å². The fraction of sp³-hybridized carbons (Fsp3) is 0. The van der Waals surface area contributed by atoms with Gasteiger partial charge in [-0.3, -0.25) is 0 Å². The van der Waals surface area contributed by atoms with Crippen LogP contribution in [0.4, 0.5) is 0 Å². The number of halogens is 3. The van der Waals surface area contributed by atoms with Crippen LogP contribution in [0.15, 0.2) is 24.3 Å². The smallest absolute Gasteiger partial charge is 0.213 e. The number of phenolic OH excluding ortho intramolecular Hbond substituents is 1. The second-order valence-electron chi connectivity index (χ2n) is 3.60. The van der Waals surface area contributed by atoms with Gasteiger partial charge < -0.3 is 14.6 Å². The lowest BCUT2D eigenvalue weighted by Crippen LogP contribution is -2.03. The Morgan fingerprint density at radius 2 is 1.33 bits per heavy atom. The highest BCUT2D eigenvalue weighted by molar-refractivity contribution is 14.1. The topological polar surface area (TPSA) is 38.7 Å². The van der Waals surface area contributed by atoms with E-state index in [0.29, 0.717) is 23.0 Å². The van der Waals surface area contributed by atoms with Gasteiger partial charge in [0.15, 0.2) is 23.0 Å². The van der Waals surface area contributed by atoms with E-state index in [4.69, 9.17) is 9.47 Å². The molecule has 0 aliphatic carbocycles. The number of ether oxygens (including phenoxy) is 2. The van der Waals surface area contributed by atoms with Crippen LogP contribution >= 0.6 is 67.8 Å². The molecule has 0 unspecified atom stereocenters. The molecule has 3 rings (SSSR count). The van der Waals surface area contributed by atoms with Crippen LogP contribution in [0.5, 0.6) is 28.7 Å². The van der Waals surface area contributed by atoms with Crippen LogP contribution in [0.3, 0.4) is 0 Å². The van der Waals surface area contributed by atoms with Crippen LogP contribution in [0.25, 0.3) is 0 Å². The van der Waals surface area contributed by atoms with Crippen molar-refractivity contribution in [2.75, 3.05) is 0 Å². The van der Waals surface area contributed by atoms with Gasteiger partial charge in [0, 0.05) is 3.57 Å². The van der Waals surface area contributed by atoms with E-state index in [1.165, 1.54) is 0 Å². The third-order valence-corrected chi connectivity index (χ3v) is 7.71. The van der Waals surface area contributed by atoms with Crippen molar-refractivity contribution >= 4 is 67.8 Å². The van der Waals surface area contributed by atoms with E-state index >= 15 is 0 Å². The van der Waals surface area contributed by atoms with Crippen LogP contribution in [-0.2, 0) is 0 Å². The van der Waals surface area contributed by atoms with Crippen LogP contribution in [0, 0.1) is 10.7 Å². The normalized spacial score (nSPS) is 12.2. The largest absolute Gasteiger partial charge is 0.503 e. The van der Waals surface area contributed by atoms with Gasteiger partial charge in [-0.25, -0.2) is 0 Å². The quantitative estimate of drug-likeness (QED) is 0.298. The molecule has 18 heavy (non-hydrogen) atoms. The predicted molar refractivity (Wildman–Crippen MR) is 92.8 cm³/mol. The minimum Gasteiger partial charge on any atom is -0.503 e. The minimum atomic E-state index is 0.130. The van der Waals surface area contributed by atoms with Gasteiger partial charge in [-0.1, -0.05) is 12.1 Å². The number of hydrogen-bond acceptors (Lipinski definition) is 3. The third kappa shape index (κ3) is 1.96. The number of para-hydroxylation sites is 2. The Balaban J connectivity index is 2.25. The summed E-state index contributed by atoms with van der Waals surface area (Å²) in [6.45, 7) is 0. The maximum atomic E-state index is 10.2. The molecule has 0 aromatic heterocycles. The Hall–Kier alpha value is 0.0300. The summed E-state index contributed by atoms with van der Waals surface area (Å²) >= 11 is 6.49. The minimum absolute atomic E-state index is 0.130. The van der Waals surface area contributed by atoms with Gasteiger partial charge in [0.05, 0.1) is 7.14 Å². The van der Waals surface area contributed by atoms with E-state index in [9.17, 15) is 5.11 Å². The number of phenols is 1. The molecule has 2 aromatic rings. The molecule has 6 heteroatoms. The molecule has 0 saturated heterocycles. The number of aromatic hydroxyl groups is 1. The molecule has 0 saturated carbocycles. The van der Waals surface area contributed by atoms with E-state index in [1.54, 1.807) is 0 Å². The maximum absolute atomic E-state index is 10.2. The van der Waals surface area contributed by atoms with Crippen LogP contribution < -0.4 is 9.47 Å². The second kappa shape index (κ2) is 4.85. The zero-order chi connectivity index (χ0) is 12.9. The molecule has 0 spiro atoms. The lowest BCUT2D eigenvalue weighted by atomic mass is 10.2. The number of benzene rings is 2. The zero-order valence-electron chi connectivity index (χ0n) is 8.71. The van der Waals surface area contributed by atoms with E-state index in [0.717, 1.165) is 10.7 Å². The second-order valence-corrected chi connectivity index (χ2v) is 6.84. The fourth-order valence-electron chi connectivity index (χ4n) is 1.63. The van der Waals surface area contributed by atoms with Crippen molar-refractivity contribution in [3.05, 3.63) is 35.0 Å². The van der Waals surface area contributed by atoms with Crippen molar-refractivity contribution in [1.82, 2.24) is 0 Å². The summed E-state index contributed by atoms with van der Waals surface area (Å²) in [6, 6.07) is 7.41. The standard InChI is InChI=1S/C12H5I3O3/c13-7-8(14)10(16)12-11(9(7)15)17-5-3-1-2-4-6(5)18-12/h1-4,16H. The lowest BCUT2D eigenvalue weighted by Gasteiger charge is -2.23. The van der Waals surface area contributed by atoms with Crippen molar-refractivity contribution in [3.63, 3.8) is 0 Å². The molecular formula is C12H5I3O3. The van der Waals surface area contributed by atoms with Gasteiger partial charge in [-0.15, -0.1) is 0 Å². The lowest BCUT2D eigenvalue weighted by molar-refractivity contribution is 0.334. The summed E-state index contributed by atoms with van der Waals surface area (Å²) in [5.74, 6) is 2.39. The Morgan fingerprint density at radius 1 is 0.778 bits per heavy atom. The fourth-order valence-corrected chi connectivity index (χ4v) is 3.79. The summed E-state index contributed by atoms with van der Waals surface area (Å²) in [6.07, 6.45) is 0. The number of rotatable bonds is 0. The highest BCUT2D eigenvalue weighted by Gasteiger charge is 2.28. The summed E-state index contributed by atoms with van der Waals surface area (Å²) in [5.41, 5.74) is 0. The maximum Gasteiger partial charge on any atom is 0.213 e. The highest BCUT2D eigenvalue weighted by Crippen LogP contribution is 2.53. The van der Waals surface area contributed by atoms with Crippen molar-refractivity contribution in [2.45, 2.75) is 0 Å².